The summed E-state index contributed by atoms with van der Waals surface area (Å²) in [6, 6.07) is 0. The summed E-state index contributed by atoms with van der Waals surface area (Å²) in [5.41, 5.74) is 5.54. The molecule has 0 rings (SSSR count). The molecule has 0 saturated heterocycles. The molecule has 0 aromatic heterocycles. The van der Waals surface area contributed by atoms with Crippen molar-refractivity contribution in [1.29, 1.82) is 0 Å². The van der Waals surface area contributed by atoms with Gasteiger partial charge in [-0.2, -0.15) is 0 Å². The summed E-state index contributed by atoms with van der Waals surface area (Å²) in [6.45, 7) is 18.2. The van der Waals surface area contributed by atoms with Gasteiger partial charge in [-0.25, -0.2) is 0 Å². The van der Waals surface area contributed by atoms with Crippen molar-refractivity contribution in [2.24, 2.45) is 5.41 Å². The molecule has 0 bridgehead atoms. The average Bonchev–Trinajstić information content (AvgIpc) is 2.15. The molecule has 0 nitrogen and oxygen atoms in total. The van der Waals surface area contributed by atoms with Gasteiger partial charge in [0.25, 0.3) is 0 Å². The fourth-order valence-electron chi connectivity index (χ4n) is 2.85. The van der Waals surface area contributed by atoms with Crippen LogP contribution in [0.25, 0.3) is 0 Å². The Morgan fingerprint density at radius 3 is 1.50 bits per heavy atom. The van der Waals surface area contributed by atoms with Gasteiger partial charge in [0.2, 0.25) is 0 Å². The molecule has 0 N–H and O–H groups in total. The maximum absolute atomic E-state index is 3.72. The van der Waals surface area contributed by atoms with Crippen molar-refractivity contribution in [3.63, 3.8) is 0 Å². The van der Waals surface area contributed by atoms with E-state index >= 15 is 0 Å². The maximum atomic E-state index is 3.72. The zero-order chi connectivity index (χ0) is 14.6. The van der Waals surface area contributed by atoms with Gasteiger partial charge in [-0.3, -0.25) is 0 Å². The highest BCUT2D eigenvalue weighted by Crippen LogP contribution is 2.41. The lowest BCUT2D eigenvalue weighted by molar-refractivity contribution is 0.686. The first-order chi connectivity index (χ1) is 8.10. The lowest BCUT2D eigenvalue weighted by atomic mass is 9.97. The van der Waals surface area contributed by atoms with Crippen molar-refractivity contribution in [1.82, 2.24) is 0 Å². The average molecular weight is 327 g/mol. The highest BCUT2D eigenvalue weighted by atomic mass is 79.9. The number of hydrogen-bond donors (Lipinski definition) is 0. The van der Waals surface area contributed by atoms with Gasteiger partial charge in [0.05, 0.1) is 5.41 Å². The molecule has 18 heavy (non-hydrogen) atoms. The van der Waals surface area contributed by atoms with Gasteiger partial charge in [0, 0.05) is 15.9 Å². The minimum absolute atomic E-state index is 0.222. The van der Waals surface area contributed by atoms with E-state index in [0.29, 0.717) is 16.6 Å². The highest BCUT2D eigenvalue weighted by molar-refractivity contribution is 9.12. The van der Waals surface area contributed by atoms with Crippen molar-refractivity contribution in [2.75, 3.05) is 0 Å². The lowest BCUT2D eigenvalue weighted by Gasteiger charge is -2.38. The molecular weight excluding hydrogens is 300 g/mol. The molecule has 0 saturated carbocycles. The van der Waals surface area contributed by atoms with Crippen molar-refractivity contribution >= 4 is 24.0 Å². The van der Waals surface area contributed by atoms with Crippen molar-refractivity contribution < 1.29 is 0 Å². The van der Waals surface area contributed by atoms with E-state index in [1.807, 2.05) is 0 Å². The van der Waals surface area contributed by atoms with Crippen LogP contribution in [0, 0.1) is 27.6 Å². The van der Waals surface area contributed by atoms with Crippen molar-refractivity contribution in [3.8, 4) is 22.2 Å². The molecule has 0 fully saturated rings. The molecule has 0 aliphatic heterocycles. The van der Waals surface area contributed by atoms with Crippen LogP contribution in [-0.4, -0.2) is 8.07 Å². The molecule has 0 heterocycles. The Hall–Kier alpha value is -0.183. The van der Waals surface area contributed by atoms with Crippen LogP contribution in [0.15, 0.2) is 0 Å². The van der Waals surface area contributed by atoms with Crippen LogP contribution in [0.5, 0.6) is 0 Å². The third-order valence-electron chi connectivity index (χ3n) is 3.82. The predicted molar refractivity (Wildman–Crippen MR) is 89.3 cm³/mol. The van der Waals surface area contributed by atoms with E-state index in [-0.39, 0.29) is 5.41 Å². The second-order valence-corrected chi connectivity index (χ2v) is 12.5. The summed E-state index contributed by atoms with van der Waals surface area (Å²) in [5, 5.41) is 0. The molecule has 0 spiro atoms. The third-order valence-corrected chi connectivity index (χ3v) is 10.3. The van der Waals surface area contributed by atoms with Crippen LogP contribution < -0.4 is 0 Å². The van der Waals surface area contributed by atoms with Crippen LogP contribution in [0.2, 0.25) is 16.6 Å². The fourth-order valence-corrected chi connectivity index (χ4v) is 8.74. The first kappa shape index (κ1) is 17.8. The summed E-state index contributed by atoms with van der Waals surface area (Å²) in [5.74, 6) is 6.58. The van der Waals surface area contributed by atoms with E-state index in [0.717, 1.165) is 0 Å². The van der Waals surface area contributed by atoms with E-state index in [9.17, 15) is 0 Å². The van der Waals surface area contributed by atoms with E-state index in [4.69, 9.17) is 0 Å². The molecule has 0 amide bonds. The monoisotopic (exact) mass is 326 g/mol. The highest BCUT2D eigenvalue weighted by Gasteiger charge is 2.41. The first-order valence-corrected chi connectivity index (χ1v) is 9.79. The van der Waals surface area contributed by atoms with Gasteiger partial charge in [0.15, 0.2) is 0 Å². The Kier molecular flexibility index (Phi) is 6.76. The van der Waals surface area contributed by atoms with Gasteiger partial charge in [0.1, 0.15) is 8.07 Å². The summed E-state index contributed by atoms with van der Waals surface area (Å²) < 4.78 is 0. The summed E-state index contributed by atoms with van der Waals surface area (Å²) in [4.78, 5) is 2.81. The zero-order valence-corrected chi connectivity index (χ0v) is 15.7. The SMILES string of the molecule is CC(C)[Si](C#CC(C)(C)C#CBr)(C(C)C)C(C)C. The van der Waals surface area contributed by atoms with Crippen LogP contribution in [0.3, 0.4) is 0 Å². The molecule has 0 unspecified atom stereocenters. The Morgan fingerprint density at radius 2 is 1.22 bits per heavy atom. The summed E-state index contributed by atoms with van der Waals surface area (Å²) in [7, 11) is -1.61. The van der Waals surface area contributed by atoms with Gasteiger partial charge >= 0.3 is 0 Å². The molecule has 2 heteroatoms. The molecule has 0 aromatic carbocycles. The minimum atomic E-state index is -1.61. The van der Waals surface area contributed by atoms with Gasteiger partial charge < -0.3 is 0 Å². The Bertz CT molecular complexity index is 361. The van der Waals surface area contributed by atoms with Crippen LogP contribution in [-0.2, 0) is 0 Å². The maximum Gasteiger partial charge on any atom is 0.146 e. The largest absolute Gasteiger partial charge is 0.146 e. The second-order valence-electron chi connectivity index (χ2n) is 6.49. The number of hydrogen-bond acceptors (Lipinski definition) is 0. The first-order valence-electron chi connectivity index (χ1n) is 6.77. The fraction of sp³-hybridized carbons (Fsp3) is 0.750. The second kappa shape index (κ2) is 6.83. The Balaban J connectivity index is 5.64. The minimum Gasteiger partial charge on any atom is -0.129 e. The predicted octanol–water partition coefficient (Wildman–Crippen LogP) is 5.59. The molecule has 0 radical (unpaired) electrons. The van der Waals surface area contributed by atoms with Gasteiger partial charge in [-0.15, -0.1) is 5.54 Å². The molecule has 0 aliphatic carbocycles. The molecule has 0 atom stereocenters. The van der Waals surface area contributed by atoms with E-state index in [2.05, 4.69) is 93.5 Å². The zero-order valence-electron chi connectivity index (χ0n) is 13.1. The van der Waals surface area contributed by atoms with E-state index < -0.39 is 8.07 Å². The molecule has 102 valence electrons. The number of rotatable bonds is 3. The molecule has 0 aromatic rings. The topological polar surface area (TPSA) is 0 Å². The normalized spacial score (nSPS) is 12.2. The van der Waals surface area contributed by atoms with E-state index in [1.165, 1.54) is 0 Å². The van der Waals surface area contributed by atoms with Crippen molar-refractivity contribution in [2.45, 2.75) is 72.0 Å². The third kappa shape index (κ3) is 4.18. The Labute approximate surface area is 123 Å². The smallest absolute Gasteiger partial charge is 0.129 e. The lowest BCUT2D eigenvalue weighted by Crippen LogP contribution is -2.43. The quantitative estimate of drug-likeness (QED) is 0.468. The summed E-state index contributed by atoms with van der Waals surface area (Å²) >= 11 is 3.17. The van der Waals surface area contributed by atoms with Crippen LogP contribution in [0.1, 0.15) is 55.4 Å². The van der Waals surface area contributed by atoms with E-state index in [1.54, 1.807) is 0 Å². The summed E-state index contributed by atoms with van der Waals surface area (Å²) in [6.07, 6.45) is 0. The Morgan fingerprint density at radius 1 is 0.833 bits per heavy atom. The van der Waals surface area contributed by atoms with Crippen LogP contribution in [0.4, 0.5) is 0 Å². The van der Waals surface area contributed by atoms with Crippen LogP contribution >= 0.6 is 15.9 Å². The number of halogens is 1. The van der Waals surface area contributed by atoms with Gasteiger partial charge in [-0.05, 0) is 35.3 Å². The van der Waals surface area contributed by atoms with Crippen molar-refractivity contribution in [3.05, 3.63) is 0 Å². The standard InChI is InChI=1S/C16H27BrSi/c1-13(2)18(14(3)4,15(5)6)12-10-16(7,8)9-11-17/h13-15H,1-8H3. The van der Waals surface area contributed by atoms with Gasteiger partial charge in [-0.1, -0.05) is 53.4 Å². The molecular formula is C16H27BrSi. The molecule has 0 aliphatic rings.